The number of carbonyl (C=O) groups excluding carboxylic acids is 2. The fourth-order valence-corrected chi connectivity index (χ4v) is 3.46. The Hall–Kier alpha value is -3.48. The molecule has 0 bridgehead atoms. The molecule has 1 aliphatic rings. The molecule has 1 N–H and O–H groups in total. The molecule has 7 heteroatoms. The summed E-state index contributed by atoms with van der Waals surface area (Å²) in [6.45, 7) is 4.00. The maximum Gasteiger partial charge on any atom is 0.330 e. The highest BCUT2D eigenvalue weighted by molar-refractivity contribution is 6.12. The number of amides is 1. The van der Waals surface area contributed by atoms with Gasteiger partial charge in [0.25, 0.3) is 5.91 Å². The van der Waals surface area contributed by atoms with E-state index in [1.54, 1.807) is 29.8 Å². The number of hydrogen-bond donors (Lipinski definition) is 1. The van der Waals surface area contributed by atoms with Crippen molar-refractivity contribution in [2.45, 2.75) is 32.6 Å². The SMILES string of the molecule is CCOC(=O)/C=C/c1ccc(NC(=O)c2cc(C3CC3)nc3c2c(C)nn3C)cc1. The van der Waals surface area contributed by atoms with E-state index in [9.17, 15) is 9.59 Å². The molecule has 1 amide bonds. The van der Waals surface area contributed by atoms with Gasteiger partial charge in [-0.2, -0.15) is 5.10 Å². The topological polar surface area (TPSA) is 86.1 Å². The van der Waals surface area contributed by atoms with Gasteiger partial charge in [-0.05, 0) is 56.5 Å². The number of fused-ring (bicyclic) bond motifs is 1. The molecule has 2 heterocycles. The Morgan fingerprint density at radius 3 is 2.67 bits per heavy atom. The monoisotopic (exact) mass is 404 g/mol. The molecular formula is C23H24N4O3. The van der Waals surface area contributed by atoms with E-state index in [0.29, 0.717) is 23.8 Å². The minimum absolute atomic E-state index is 0.185. The summed E-state index contributed by atoms with van der Waals surface area (Å²) in [5.41, 5.74) is 4.58. The van der Waals surface area contributed by atoms with Gasteiger partial charge in [0.05, 0.1) is 23.3 Å². The minimum atomic E-state index is -0.380. The number of benzene rings is 1. The summed E-state index contributed by atoms with van der Waals surface area (Å²) < 4.78 is 6.61. The van der Waals surface area contributed by atoms with E-state index in [1.807, 2.05) is 32.2 Å². The number of carbonyl (C=O) groups is 2. The van der Waals surface area contributed by atoms with Gasteiger partial charge in [0, 0.05) is 30.4 Å². The fourth-order valence-electron chi connectivity index (χ4n) is 3.46. The minimum Gasteiger partial charge on any atom is -0.463 e. The first-order valence-corrected chi connectivity index (χ1v) is 10.1. The smallest absolute Gasteiger partial charge is 0.330 e. The maximum atomic E-state index is 13.1. The van der Waals surface area contributed by atoms with Crippen LogP contribution in [-0.4, -0.2) is 33.2 Å². The molecule has 0 atom stereocenters. The Morgan fingerprint density at radius 1 is 1.27 bits per heavy atom. The van der Waals surface area contributed by atoms with Crippen molar-refractivity contribution in [1.82, 2.24) is 14.8 Å². The molecule has 1 saturated carbocycles. The van der Waals surface area contributed by atoms with Crippen molar-refractivity contribution in [2.24, 2.45) is 7.05 Å². The molecule has 0 spiro atoms. The largest absolute Gasteiger partial charge is 0.463 e. The van der Waals surface area contributed by atoms with Gasteiger partial charge in [0.15, 0.2) is 5.65 Å². The fraction of sp³-hybridized carbons (Fsp3) is 0.304. The summed E-state index contributed by atoms with van der Waals surface area (Å²) >= 11 is 0. The van der Waals surface area contributed by atoms with E-state index >= 15 is 0 Å². The van der Waals surface area contributed by atoms with E-state index in [2.05, 4.69) is 10.4 Å². The lowest BCUT2D eigenvalue weighted by Gasteiger charge is -2.09. The second-order valence-electron chi connectivity index (χ2n) is 7.44. The summed E-state index contributed by atoms with van der Waals surface area (Å²) in [5.74, 6) is -0.133. The number of nitrogens with one attached hydrogen (secondary N) is 1. The molecule has 1 aromatic carbocycles. The third kappa shape index (κ3) is 4.10. The molecule has 4 rings (SSSR count). The second kappa shape index (κ2) is 8.10. The van der Waals surface area contributed by atoms with Crippen LogP contribution in [0.4, 0.5) is 5.69 Å². The number of aryl methyl sites for hydroxylation is 2. The number of hydrogen-bond acceptors (Lipinski definition) is 5. The normalized spacial score (nSPS) is 13.7. The van der Waals surface area contributed by atoms with Crippen LogP contribution < -0.4 is 5.32 Å². The van der Waals surface area contributed by atoms with Gasteiger partial charge >= 0.3 is 5.97 Å². The van der Waals surface area contributed by atoms with E-state index in [1.165, 1.54) is 6.08 Å². The molecule has 30 heavy (non-hydrogen) atoms. The number of aromatic nitrogens is 3. The number of rotatable bonds is 6. The summed E-state index contributed by atoms with van der Waals surface area (Å²) in [6.07, 6.45) is 5.28. The van der Waals surface area contributed by atoms with Crippen molar-refractivity contribution in [3.05, 3.63) is 58.9 Å². The van der Waals surface area contributed by atoms with Crippen LogP contribution in [0.15, 0.2) is 36.4 Å². The van der Waals surface area contributed by atoms with Crippen molar-refractivity contribution >= 4 is 34.7 Å². The van der Waals surface area contributed by atoms with Crippen molar-refractivity contribution in [2.75, 3.05) is 11.9 Å². The summed E-state index contributed by atoms with van der Waals surface area (Å²) in [5, 5.41) is 8.20. The quantitative estimate of drug-likeness (QED) is 0.496. The third-order valence-electron chi connectivity index (χ3n) is 5.10. The predicted molar refractivity (Wildman–Crippen MR) is 115 cm³/mol. The Morgan fingerprint density at radius 2 is 2.00 bits per heavy atom. The molecule has 0 aliphatic heterocycles. The number of anilines is 1. The van der Waals surface area contributed by atoms with Crippen molar-refractivity contribution < 1.29 is 14.3 Å². The van der Waals surface area contributed by atoms with Crippen LogP contribution in [0.2, 0.25) is 0 Å². The number of esters is 1. The summed E-state index contributed by atoms with van der Waals surface area (Å²) in [7, 11) is 1.85. The number of ether oxygens (including phenoxy) is 1. The van der Waals surface area contributed by atoms with E-state index in [4.69, 9.17) is 9.72 Å². The average Bonchev–Trinajstić information content (AvgIpc) is 3.53. The van der Waals surface area contributed by atoms with Crippen LogP contribution in [-0.2, 0) is 16.6 Å². The van der Waals surface area contributed by atoms with Crippen LogP contribution in [0.25, 0.3) is 17.1 Å². The van der Waals surface area contributed by atoms with E-state index in [0.717, 1.165) is 40.8 Å². The molecule has 154 valence electrons. The summed E-state index contributed by atoms with van der Waals surface area (Å²) in [4.78, 5) is 29.3. The van der Waals surface area contributed by atoms with Gasteiger partial charge < -0.3 is 10.1 Å². The zero-order valence-electron chi connectivity index (χ0n) is 17.3. The van der Waals surface area contributed by atoms with Gasteiger partial charge in [-0.3, -0.25) is 9.48 Å². The standard InChI is InChI=1S/C23H24N4O3/c1-4-30-20(28)12-7-15-5-10-17(11-6-15)24-23(29)18-13-19(16-8-9-16)25-22-21(18)14(2)26-27(22)3/h5-7,10-13,16H,4,8-9H2,1-3H3,(H,24,29)/b12-7+. The molecule has 0 saturated heterocycles. The highest BCUT2D eigenvalue weighted by atomic mass is 16.5. The Kier molecular flexibility index (Phi) is 5.35. The predicted octanol–water partition coefficient (Wildman–Crippen LogP) is 3.98. The molecule has 0 unspecified atom stereocenters. The zero-order valence-corrected chi connectivity index (χ0v) is 17.3. The van der Waals surface area contributed by atoms with Crippen LogP contribution in [0.5, 0.6) is 0 Å². The van der Waals surface area contributed by atoms with Crippen molar-refractivity contribution in [1.29, 1.82) is 0 Å². The van der Waals surface area contributed by atoms with Crippen LogP contribution in [0.1, 0.15) is 53.0 Å². The van der Waals surface area contributed by atoms with E-state index in [-0.39, 0.29) is 11.9 Å². The van der Waals surface area contributed by atoms with E-state index < -0.39 is 0 Å². The molecule has 1 fully saturated rings. The van der Waals surface area contributed by atoms with Crippen LogP contribution >= 0.6 is 0 Å². The first-order valence-electron chi connectivity index (χ1n) is 10.1. The third-order valence-corrected chi connectivity index (χ3v) is 5.10. The lowest BCUT2D eigenvalue weighted by atomic mass is 10.1. The van der Waals surface area contributed by atoms with Gasteiger partial charge in [-0.1, -0.05) is 12.1 Å². The van der Waals surface area contributed by atoms with Crippen molar-refractivity contribution in [3.8, 4) is 0 Å². The van der Waals surface area contributed by atoms with Crippen LogP contribution in [0.3, 0.4) is 0 Å². The second-order valence-corrected chi connectivity index (χ2v) is 7.44. The molecule has 2 aromatic heterocycles. The molecule has 0 radical (unpaired) electrons. The highest BCUT2D eigenvalue weighted by Gasteiger charge is 2.28. The molecule has 1 aliphatic carbocycles. The van der Waals surface area contributed by atoms with Gasteiger partial charge in [-0.15, -0.1) is 0 Å². The van der Waals surface area contributed by atoms with Gasteiger partial charge in [-0.25, -0.2) is 9.78 Å². The number of pyridine rings is 1. The average molecular weight is 404 g/mol. The molecule has 7 nitrogen and oxygen atoms in total. The Bertz CT molecular complexity index is 1140. The molecular weight excluding hydrogens is 380 g/mol. The first kappa shape index (κ1) is 19.8. The molecule has 3 aromatic rings. The Labute approximate surface area is 174 Å². The zero-order chi connectivity index (χ0) is 21.3. The lowest BCUT2D eigenvalue weighted by molar-refractivity contribution is -0.137. The lowest BCUT2D eigenvalue weighted by Crippen LogP contribution is -2.13. The van der Waals surface area contributed by atoms with Gasteiger partial charge in [0.2, 0.25) is 0 Å². The van der Waals surface area contributed by atoms with Crippen LogP contribution in [0, 0.1) is 6.92 Å². The van der Waals surface area contributed by atoms with Gasteiger partial charge in [0.1, 0.15) is 0 Å². The first-order chi connectivity index (χ1) is 14.5. The van der Waals surface area contributed by atoms with Crippen molar-refractivity contribution in [3.63, 3.8) is 0 Å². The Balaban J connectivity index is 1.57. The summed E-state index contributed by atoms with van der Waals surface area (Å²) in [6, 6.07) is 9.18. The maximum absolute atomic E-state index is 13.1. The number of nitrogens with zero attached hydrogens (tertiary/aromatic N) is 3. The highest BCUT2D eigenvalue weighted by Crippen LogP contribution is 2.40.